The molecule has 0 radical (unpaired) electrons. The second-order valence-electron chi connectivity index (χ2n) is 10.8. The number of ether oxygens (including phenoxy) is 1. The molecule has 3 aromatic rings. The molecule has 2 aliphatic rings. The van der Waals surface area contributed by atoms with Gasteiger partial charge in [-0.2, -0.15) is 0 Å². The molecule has 2 saturated heterocycles. The van der Waals surface area contributed by atoms with Gasteiger partial charge >= 0.3 is 0 Å². The van der Waals surface area contributed by atoms with Gasteiger partial charge in [-0.25, -0.2) is 4.98 Å². The number of hydrogen-bond acceptors (Lipinski definition) is 5. The number of nitrogens with zero attached hydrogens (tertiary/aromatic N) is 3. The molecule has 2 aliphatic heterocycles. The molecule has 2 fully saturated rings. The SMILES string of the molecule is CC(C)Oc1ccc(C(=O)N2CCC(c3nc(C(=O)N4CCC(Cc5ccccc5)CC4)cs3)CC2)cc1. The van der Waals surface area contributed by atoms with Crippen molar-refractivity contribution in [3.8, 4) is 5.75 Å². The van der Waals surface area contributed by atoms with E-state index in [0.29, 0.717) is 36.2 Å². The Morgan fingerprint density at radius 2 is 1.53 bits per heavy atom. The van der Waals surface area contributed by atoms with Gasteiger partial charge in [-0.05, 0) is 81.7 Å². The zero-order chi connectivity index (χ0) is 26.5. The minimum atomic E-state index is 0.0585. The van der Waals surface area contributed by atoms with E-state index in [1.165, 1.54) is 5.56 Å². The van der Waals surface area contributed by atoms with Gasteiger partial charge in [0.2, 0.25) is 0 Å². The van der Waals surface area contributed by atoms with Crippen LogP contribution in [0.4, 0.5) is 0 Å². The van der Waals surface area contributed by atoms with E-state index in [9.17, 15) is 9.59 Å². The highest BCUT2D eigenvalue weighted by molar-refractivity contribution is 7.09. The Labute approximate surface area is 229 Å². The molecule has 0 spiro atoms. The third-order valence-corrected chi connectivity index (χ3v) is 8.62. The quantitative estimate of drug-likeness (QED) is 0.373. The van der Waals surface area contributed by atoms with E-state index < -0.39 is 0 Å². The number of benzene rings is 2. The largest absolute Gasteiger partial charge is 0.491 e. The van der Waals surface area contributed by atoms with E-state index >= 15 is 0 Å². The summed E-state index contributed by atoms with van der Waals surface area (Å²) in [5, 5.41) is 2.95. The van der Waals surface area contributed by atoms with Crippen LogP contribution in [0, 0.1) is 5.92 Å². The van der Waals surface area contributed by atoms with Gasteiger partial charge in [-0.3, -0.25) is 9.59 Å². The van der Waals surface area contributed by atoms with Gasteiger partial charge in [0.1, 0.15) is 11.4 Å². The number of carbonyl (C=O) groups is 2. The van der Waals surface area contributed by atoms with Crippen LogP contribution in [0.3, 0.4) is 0 Å². The number of carbonyl (C=O) groups excluding carboxylic acids is 2. The van der Waals surface area contributed by atoms with Gasteiger partial charge in [-0.1, -0.05) is 30.3 Å². The fourth-order valence-corrected chi connectivity index (χ4v) is 6.45. The van der Waals surface area contributed by atoms with E-state index in [1.807, 2.05) is 53.3 Å². The monoisotopic (exact) mass is 531 g/mol. The molecule has 7 heteroatoms. The molecule has 2 aromatic carbocycles. The summed E-state index contributed by atoms with van der Waals surface area (Å²) in [6, 6.07) is 18.0. The van der Waals surface area contributed by atoms with E-state index in [4.69, 9.17) is 9.72 Å². The molecule has 3 heterocycles. The first-order valence-corrected chi connectivity index (χ1v) is 14.7. The summed E-state index contributed by atoms with van der Waals surface area (Å²) in [6.45, 7) is 6.97. The van der Waals surface area contributed by atoms with Gasteiger partial charge in [0.15, 0.2) is 0 Å². The minimum Gasteiger partial charge on any atom is -0.491 e. The van der Waals surface area contributed by atoms with Crippen molar-refractivity contribution in [3.63, 3.8) is 0 Å². The van der Waals surface area contributed by atoms with Crippen LogP contribution < -0.4 is 4.74 Å². The number of likely N-dealkylation sites (tertiary alicyclic amines) is 2. The zero-order valence-electron chi connectivity index (χ0n) is 22.3. The Hall–Kier alpha value is -3.19. The lowest BCUT2D eigenvalue weighted by molar-refractivity contribution is 0.0685. The molecule has 0 atom stereocenters. The first-order chi connectivity index (χ1) is 18.5. The summed E-state index contributed by atoms with van der Waals surface area (Å²) in [6.07, 6.45) is 5.01. The number of rotatable bonds is 7. The Morgan fingerprint density at radius 3 is 2.18 bits per heavy atom. The molecule has 0 saturated carbocycles. The number of aromatic nitrogens is 1. The lowest BCUT2D eigenvalue weighted by Gasteiger charge is -2.32. The van der Waals surface area contributed by atoms with E-state index in [1.54, 1.807) is 11.3 Å². The molecule has 5 rings (SSSR count). The normalized spacial score (nSPS) is 17.1. The van der Waals surface area contributed by atoms with Crippen LogP contribution in [-0.2, 0) is 6.42 Å². The zero-order valence-corrected chi connectivity index (χ0v) is 23.2. The van der Waals surface area contributed by atoms with Crippen LogP contribution in [0.25, 0.3) is 0 Å². The van der Waals surface area contributed by atoms with Crippen molar-refractivity contribution >= 4 is 23.2 Å². The van der Waals surface area contributed by atoms with E-state index in [2.05, 4.69) is 30.3 Å². The van der Waals surface area contributed by atoms with Crippen LogP contribution in [0.1, 0.15) is 76.9 Å². The Kier molecular flexibility index (Phi) is 8.42. The lowest BCUT2D eigenvalue weighted by atomic mass is 9.90. The van der Waals surface area contributed by atoms with Gasteiger partial charge in [0, 0.05) is 43.0 Å². The number of hydrogen-bond donors (Lipinski definition) is 0. The van der Waals surface area contributed by atoms with Crippen molar-refractivity contribution in [2.75, 3.05) is 26.2 Å². The standard InChI is InChI=1S/C31H37N3O3S/c1-22(2)37-27-10-8-26(9-11-27)30(35)33-18-14-25(15-19-33)29-32-28(21-38-29)31(36)34-16-12-24(13-17-34)20-23-6-4-3-5-7-23/h3-11,21-22,24-25H,12-20H2,1-2H3. The maximum atomic E-state index is 13.2. The molecular weight excluding hydrogens is 494 g/mol. The predicted molar refractivity (Wildman–Crippen MR) is 151 cm³/mol. The summed E-state index contributed by atoms with van der Waals surface area (Å²) < 4.78 is 5.68. The third kappa shape index (κ3) is 6.44. The Bertz CT molecular complexity index is 1210. The molecule has 2 amide bonds. The molecule has 6 nitrogen and oxygen atoms in total. The fourth-order valence-electron chi connectivity index (χ4n) is 5.48. The summed E-state index contributed by atoms with van der Waals surface area (Å²) in [5.74, 6) is 1.82. The van der Waals surface area contributed by atoms with E-state index in [-0.39, 0.29) is 17.9 Å². The van der Waals surface area contributed by atoms with Gasteiger partial charge in [0.25, 0.3) is 11.8 Å². The average molecular weight is 532 g/mol. The van der Waals surface area contributed by atoms with Crippen molar-refractivity contribution in [1.82, 2.24) is 14.8 Å². The molecule has 200 valence electrons. The maximum absolute atomic E-state index is 13.2. The van der Waals surface area contributed by atoms with Crippen molar-refractivity contribution < 1.29 is 14.3 Å². The van der Waals surface area contributed by atoms with Crippen LogP contribution in [0.2, 0.25) is 0 Å². The van der Waals surface area contributed by atoms with Crippen LogP contribution in [-0.4, -0.2) is 58.9 Å². The molecule has 0 N–H and O–H groups in total. The highest BCUT2D eigenvalue weighted by Crippen LogP contribution is 2.32. The predicted octanol–water partition coefficient (Wildman–Crippen LogP) is 6.05. The number of amides is 2. The van der Waals surface area contributed by atoms with E-state index in [0.717, 1.165) is 56.0 Å². The summed E-state index contributed by atoms with van der Waals surface area (Å²) in [7, 11) is 0. The smallest absolute Gasteiger partial charge is 0.273 e. The number of piperidine rings is 2. The summed E-state index contributed by atoms with van der Waals surface area (Å²) in [5.41, 5.74) is 2.64. The van der Waals surface area contributed by atoms with Crippen molar-refractivity contribution in [1.29, 1.82) is 0 Å². The van der Waals surface area contributed by atoms with Crippen molar-refractivity contribution in [2.24, 2.45) is 5.92 Å². The average Bonchev–Trinajstić information content (AvgIpc) is 3.44. The topological polar surface area (TPSA) is 62.7 Å². The lowest BCUT2D eigenvalue weighted by Crippen LogP contribution is -2.39. The van der Waals surface area contributed by atoms with Crippen LogP contribution in [0.5, 0.6) is 5.75 Å². The second kappa shape index (κ2) is 12.1. The molecule has 0 unspecified atom stereocenters. The summed E-state index contributed by atoms with van der Waals surface area (Å²) >= 11 is 1.59. The Balaban J connectivity index is 1.10. The van der Waals surface area contributed by atoms with Gasteiger partial charge < -0.3 is 14.5 Å². The highest BCUT2D eigenvalue weighted by Gasteiger charge is 2.29. The van der Waals surface area contributed by atoms with Gasteiger partial charge in [-0.15, -0.1) is 11.3 Å². The first kappa shape index (κ1) is 26.4. The van der Waals surface area contributed by atoms with Crippen molar-refractivity contribution in [2.45, 2.75) is 58.0 Å². The highest BCUT2D eigenvalue weighted by atomic mass is 32.1. The van der Waals surface area contributed by atoms with Crippen molar-refractivity contribution in [3.05, 3.63) is 81.8 Å². The molecule has 0 bridgehead atoms. The Morgan fingerprint density at radius 1 is 0.895 bits per heavy atom. The number of thiazole rings is 1. The molecule has 38 heavy (non-hydrogen) atoms. The fraction of sp³-hybridized carbons (Fsp3) is 0.452. The maximum Gasteiger partial charge on any atom is 0.273 e. The minimum absolute atomic E-state index is 0.0585. The summed E-state index contributed by atoms with van der Waals surface area (Å²) in [4.78, 5) is 34.8. The molecular formula is C31H37N3O3S. The molecule has 0 aliphatic carbocycles. The third-order valence-electron chi connectivity index (χ3n) is 7.61. The van der Waals surface area contributed by atoms with Crippen LogP contribution >= 0.6 is 11.3 Å². The van der Waals surface area contributed by atoms with Crippen LogP contribution in [0.15, 0.2) is 60.0 Å². The first-order valence-electron chi connectivity index (χ1n) is 13.8. The molecule has 1 aromatic heterocycles. The second-order valence-corrected chi connectivity index (χ2v) is 11.6. The van der Waals surface area contributed by atoms with Gasteiger partial charge in [0.05, 0.1) is 11.1 Å².